The molecule has 0 radical (unpaired) electrons. The topological polar surface area (TPSA) is 89.9 Å². The molecule has 5 saturated carbocycles. The van der Waals surface area contributed by atoms with Crippen LogP contribution < -0.4 is 0 Å². The molecular weight excluding hydrogens is 588 g/mol. The highest BCUT2D eigenvalue weighted by atomic mass is 16.5. The molecule has 0 aliphatic heterocycles. The van der Waals surface area contributed by atoms with Crippen molar-refractivity contribution in [2.75, 3.05) is 0 Å². The van der Waals surface area contributed by atoms with E-state index in [0.717, 1.165) is 25.7 Å². The maximum atomic E-state index is 13.0. The first-order chi connectivity index (χ1) is 21.6. The average Bonchev–Trinajstić information content (AvgIpc) is 3.33. The lowest BCUT2D eigenvalue weighted by atomic mass is 9.32. The summed E-state index contributed by atoms with van der Waals surface area (Å²) in [6, 6.07) is 0. The quantitative estimate of drug-likeness (QED) is 0.197. The molecule has 266 valence electrons. The molecule has 5 fully saturated rings. The summed E-state index contributed by atoms with van der Waals surface area (Å²) in [4.78, 5) is 37.5. The van der Waals surface area contributed by atoms with Crippen LogP contribution in [-0.2, 0) is 23.9 Å². The third kappa shape index (κ3) is 5.81. The van der Waals surface area contributed by atoms with Gasteiger partial charge in [0.1, 0.15) is 6.10 Å². The van der Waals surface area contributed by atoms with E-state index in [-0.39, 0.29) is 57.6 Å². The predicted molar refractivity (Wildman–Crippen MR) is 185 cm³/mol. The number of carboxylic acid groups (broad SMARTS) is 1. The van der Waals surface area contributed by atoms with Crippen molar-refractivity contribution >= 4 is 17.9 Å². The van der Waals surface area contributed by atoms with E-state index in [1.54, 1.807) is 13.8 Å². The first-order valence-electron chi connectivity index (χ1n) is 18.9. The van der Waals surface area contributed by atoms with Gasteiger partial charge in [-0.3, -0.25) is 14.4 Å². The van der Waals surface area contributed by atoms with Gasteiger partial charge in [-0.2, -0.15) is 0 Å². The Balaban J connectivity index is 1.39. The Bertz CT molecular complexity index is 1260. The number of esters is 2. The number of carbonyl (C=O) groups excluding carboxylic acids is 2. The number of ether oxygens (including phenoxy) is 2. The van der Waals surface area contributed by atoms with E-state index < -0.39 is 11.4 Å². The van der Waals surface area contributed by atoms with Crippen LogP contribution >= 0.6 is 0 Å². The number of rotatable bonds is 9. The SMILES string of the molecule is C=C(C)[C@@H]1CC[C@]2(CCC(=O)OC(C)C)CC[C@]3(C)[C@H](CC[C@@H]4[C@@]5(C)CC[C@H](OC(=O)CC(C)(C)C(=O)O)C(C)(C)[C@@H]5CC[C@]43C)[C@@H]12. The average molecular weight is 655 g/mol. The summed E-state index contributed by atoms with van der Waals surface area (Å²) in [6.45, 7) is 26.3. The third-order valence-electron chi connectivity index (χ3n) is 15.8. The summed E-state index contributed by atoms with van der Waals surface area (Å²) >= 11 is 0. The van der Waals surface area contributed by atoms with Crippen molar-refractivity contribution in [3.8, 4) is 0 Å². The van der Waals surface area contributed by atoms with Gasteiger partial charge in [-0.15, -0.1) is 0 Å². The van der Waals surface area contributed by atoms with Gasteiger partial charge in [0.05, 0.1) is 17.9 Å². The zero-order chi connectivity index (χ0) is 35.0. The molecule has 0 bridgehead atoms. The molecule has 10 atom stereocenters. The van der Waals surface area contributed by atoms with Crippen LogP contribution in [0.3, 0.4) is 0 Å². The minimum atomic E-state index is -1.14. The van der Waals surface area contributed by atoms with Gasteiger partial charge in [-0.05, 0) is 156 Å². The Morgan fingerprint density at radius 1 is 0.851 bits per heavy atom. The summed E-state index contributed by atoms with van der Waals surface area (Å²) in [6.07, 6.45) is 12.6. The van der Waals surface area contributed by atoms with Gasteiger partial charge in [0, 0.05) is 11.8 Å². The van der Waals surface area contributed by atoms with E-state index in [0.29, 0.717) is 36.0 Å². The lowest BCUT2D eigenvalue weighted by Gasteiger charge is -2.73. The molecule has 47 heavy (non-hydrogen) atoms. The largest absolute Gasteiger partial charge is 0.481 e. The number of allylic oxidation sites excluding steroid dienone is 1. The number of fused-ring (bicyclic) bond motifs is 7. The van der Waals surface area contributed by atoms with Crippen LogP contribution in [0, 0.1) is 62.1 Å². The lowest BCUT2D eigenvalue weighted by molar-refractivity contribution is -0.250. The van der Waals surface area contributed by atoms with Crippen molar-refractivity contribution < 1.29 is 29.0 Å². The van der Waals surface area contributed by atoms with E-state index >= 15 is 0 Å². The smallest absolute Gasteiger partial charge is 0.309 e. The summed E-state index contributed by atoms with van der Waals surface area (Å²) in [5, 5.41) is 9.58. The van der Waals surface area contributed by atoms with Crippen molar-refractivity contribution in [2.45, 2.75) is 165 Å². The van der Waals surface area contributed by atoms with Gasteiger partial charge < -0.3 is 14.6 Å². The highest BCUT2D eigenvalue weighted by Gasteiger charge is 2.71. The van der Waals surface area contributed by atoms with Crippen LogP contribution in [0.1, 0.15) is 153 Å². The predicted octanol–water partition coefficient (Wildman–Crippen LogP) is 9.79. The van der Waals surface area contributed by atoms with Crippen molar-refractivity contribution in [3.05, 3.63) is 12.2 Å². The Morgan fingerprint density at radius 3 is 2.15 bits per heavy atom. The molecule has 0 spiro atoms. The minimum Gasteiger partial charge on any atom is -0.481 e. The van der Waals surface area contributed by atoms with E-state index in [4.69, 9.17) is 9.47 Å². The summed E-state index contributed by atoms with van der Waals surface area (Å²) in [7, 11) is 0. The van der Waals surface area contributed by atoms with Gasteiger partial charge in [-0.1, -0.05) is 46.8 Å². The number of carbonyl (C=O) groups is 3. The van der Waals surface area contributed by atoms with Crippen molar-refractivity contribution in [1.82, 2.24) is 0 Å². The Morgan fingerprint density at radius 2 is 1.53 bits per heavy atom. The molecule has 6 nitrogen and oxygen atoms in total. The second-order valence-electron chi connectivity index (χ2n) is 19.3. The van der Waals surface area contributed by atoms with Gasteiger partial charge >= 0.3 is 17.9 Å². The van der Waals surface area contributed by atoms with Crippen LogP contribution in [0.4, 0.5) is 0 Å². The summed E-state index contributed by atoms with van der Waals surface area (Å²) in [5.74, 6) is 1.38. The van der Waals surface area contributed by atoms with Crippen molar-refractivity contribution in [2.24, 2.45) is 62.1 Å². The summed E-state index contributed by atoms with van der Waals surface area (Å²) < 4.78 is 11.8. The normalized spacial score (nSPS) is 42.4. The fraction of sp³-hybridized carbons (Fsp3) is 0.878. The second kappa shape index (κ2) is 12.2. The highest BCUT2D eigenvalue weighted by Crippen LogP contribution is 2.78. The fourth-order valence-corrected chi connectivity index (χ4v) is 13.2. The van der Waals surface area contributed by atoms with Gasteiger partial charge in [-0.25, -0.2) is 0 Å². The first kappa shape index (κ1) is 36.4. The molecule has 0 heterocycles. The van der Waals surface area contributed by atoms with Crippen LogP contribution in [0.15, 0.2) is 12.2 Å². The number of hydrogen-bond acceptors (Lipinski definition) is 5. The summed E-state index contributed by atoms with van der Waals surface area (Å²) in [5.41, 5.74) is 0.817. The third-order valence-corrected chi connectivity index (χ3v) is 15.8. The zero-order valence-electron chi connectivity index (χ0n) is 31.4. The molecule has 5 aliphatic carbocycles. The molecule has 5 rings (SSSR count). The lowest BCUT2D eigenvalue weighted by Crippen LogP contribution is -2.66. The maximum absolute atomic E-state index is 13.0. The van der Waals surface area contributed by atoms with E-state index in [9.17, 15) is 19.5 Å². The molecule has 0 amide bonds. The maximum Gasteiger partial charge on any atom is 0.309 e. The Hall–Kier alpha value is -1.85. The second-order valence-corrected chi connectivity index (χ2v) is 19.3. The van der Waals surface area contributed by atoms with Crippen LogP contribution in [-0.4, -0.2) is 35.2 Å². The Kier molecular flexibility index (Phi) is 9.44. The molecule has 5 aliphatic rings. The molecule has 0 aromatic rings. The van der Waals surface area contributed by atoms with Crippen molar-refractivity contribution in [1.29, 1.82) is 0 Å². The van der Waals surface area contributed by atoms with Gasteiger partial charge in [0.15, 0.2) is 0 Å². The molecule has 0 unspecified atom stereocenters. The fourth-order valence-electron chi connectivity index (χ4n) is 13.2. The zero-order valence-corrected chi connectivity index (χ0v) is 31.4. The first-order valence-corrected chi connectivity index (χ1v) is 18.9. The molecule has 0 saturated heterocycles. The molecule has 0 aromatic heterocycles. The molecule has 1 N–H and O–H groups in total. The molecule has 6 heteroatoms. The standard InChI is InChI=1S/C41H66O6/c1-25(2)27-14-20-41(21-17-32(42)46-26(3)4)23-22-39(10)28(34(27)41)12-13-30-38(9)18-16-31(47-33(43)24-36(5,6)35(44)45)37(7,8)29(38)15-19-40(30,39)11/h26-31,34H,1,12-24H2,2-11H3,(H,44,45)/t27-,28+,29-,30+,31-,34+,38-,39+,40+,41-/m0/s1. The minimum absolute atomic E-state index is 0.0448. The van der Waals surface area contributed by atoms with Crippen molar-refractivity contribution in [3.63, 3.8) is 0 Å². The Labute approximate surface area is 285 Å². The highest BCUT2D eigenvalue weighted by molar-refractivity contribution is 5.81. The van der Waals surface area contributed by atoms with E-state index in [1.165, 1.54) is 50.5 Å². The number of hydrogen-bond donors (Lipinski definition) is 1. The van der Waals surface area contributed by atoms with Gasteiger partial charge in [0.25, 0.3) is 0 Å². The van der Waals surface area contributed by atoms with Crippen LogP contribution in [0.25, 0.3) is 0 Å². The molecular formula is C41H66O6. The van der Waals surface area contributed by atoms with E-state index in [1.807, 2.05) is 13.8 Å². The van der Waals surface area contributed by atoms with E-state index in [2.05, 4.69) is 48.1 Å². The van der Waals surface area contributed by atoms with Crippen LogP contribution in [0.2, 0.25) is 0 Å². The molecule has 0 aromatic carbocycles. The number of aliphatic carboxylic acids is 1. The number of carboxylic acids is 1. The monoisotopic (exact) mass is 654 g/mol. The van der Waals surface area contributed by atoms with Gasteiger partial charge in [0.2, 0.25) is 0 Å². The van der Waals surface area contributed by atoms with Crippen LogP contribution in [0.5, 0.6) is 0 Å².